The van der Waals surface area contributed by atoms with E-state index < -0.39 is 6.04 Å². The molecule has 1 fully saturated rings. The molecular weight excluding hydrogens is 324 g/mol. The van der Waals surface area contributed by atoms with Crippen molar-refractivity contribution in [1.82, 2.24) is 10.2 Å². The first-order chi connectivity index (χ1) is 12.2. The largest absolute Gasteiger partial charge is 0.349 e. The molecule has 3 rings (SSSR count). The third-order valence-corrected chi connectivity index (χ3v) is 5.27. The van der Waals surface area contributed by atoms with E-state index in [0.717, 1.165) is 18.4 Å². The molecule has 1 aliphatic carbocycles. The predicted octanol–water partition coefficient (Wildman–Crippen LogP) is 3.94. The quantitative estimate of drug-likeness (QED) is 0.658. The van der Waals surface area contributed by atoms with E-state index in [2.05, 4.69) is 43.4 Å². The highest BCUT2D eigenvalue weighted by Gasteiger charge is 2.52. The van der Waals surface area contributed by atoms with Crippen molar-refractivity contribution in [3.63, 3.8) is 0 Å². The summed E-state index contributed by atoms with van der Waals surface area (Å²) < 4.78 is 0. The van der Waals surface area contributed by atoms with Gasteiger partial charge in [0.05, 0.1) is 5.92 Å². The van der Waals surface area contributed by atoms with E-state index in [9.17, 15) is 9.59 Å². The molecule has 0 bridgehead atoms. The molecule has 4 nitrogen and oxygen atoms in total. The molecule has 1 heterocycles. The lowest BCUT2D eigenvalue weighted by Crippen LogP contribution is -2.64. The molecule has 140 valence electrons. The van der Waals surface area contributed by atoms with Gasteiger partial charge in [0, 0.05) is 11.6 Å². The number of fused-ring (bicyclic) bond motifs is 1. The molecule has 26 heavy (non-hydrogen) atoms. The van der Waals surface area contributed by atoms with Crippen molar-refractivity contribution in [3.8, 4) is 0 Å². The Morgan fingerprint density at radius 1 is 1.08 bits per heavy atom. The van der Waals surface area contributed by atoms with Gasteiger partial charge in [-0.3, -0.25) is 9.59 Å². The molecule has 1 N–H and O–H groups in total. The van der Waals surface area contributed by atoms with Crippen molar-refractivity contribution in [3.05, 3.63) is 47.5 Å². The average molecular weight is 354 g/mol. The number of carbonyl (C=O) groups is 2. The van der Waals surface area contributed by atoms with Gasteiger partial charge in [0.15, 0.2) is 0 Å². The van der Waals surface area contributed by atoms with Crippen LogP contribution < -0.4 is 5.32 Å². The van der Waals surface area contributed by atoms with Gasteiger partial charge in [-0.05, 0) is 50.7 Å². The normalized spacial score (nSPS) is 23.5. The fraction of sp³-hybridized carbons (Fsp3) is 0.545. The predicted molar refractivity (Wildman–Crippen MR) is 104 cm³/mol. The highest BCUT2D eigenvalue weighted by molar-refractivity contribution is 5.94. The molecule has 1 aromatic carbocycles. The van der Waals surface area contributed by atoms with Crippen LogP contribution in [0, 0.1) is 5.92 Å². The average Bonchev–Trinajstić information content (AvgIpc) is 2.57. The summed E-state index contributed by atoms with van der Waals surface area (Å²) in [7, 11) is 0. The summed E-state index contributed by atoms with van der Waals surface area (Å²) in [5.74, 6) is 0.474. The van der Waals surface area contributed by atoms with Gasteiger partial charge in [-0.1, -0.05) is 50.3 Å². The van der Waals surface area contributed by atoms with E-state index in [4.69, 9.17) is 0 Å². The van der Waals surface area contributed by atoms with Crippen molar-refractivity contribution >= 4 is 11.8 Å². The maximum atomic E-state index is 13.1. The van der Waals surface area contributed by atoms with Crippen LogP contribution in [0.15, 0.2) is 36.4 Å². The third-order valence-electron chi connectivity index (χ3n) is 5.27. The number of benzene rings is 1. The number of nitrogens with zero attached hydrogens (tertiary/aromatic N) is 1. The fourth-order valence-corrected chi connectivity index (χ4v) is 3.90. The van der Waals surface area contributed by atoms with Crippen LogP contribution in [-0.4, -0.2) is 28.3 Å². The number of β-lactam (4-membered cyclic amide) rings is 1. The monoisotopic (exact) mass is 354 g/mol. The molecule has 0 saturated carbocycles. The SMILES string of the molecule is CC(C)c1ccc(C(C(=O)NC(C)(C)C)N2C(=O)[C@@H]3CC=CC[C@@H]32)cc1. The summed E-state index contributed by atoms with van der Waals surface area (Å²) in [5, 5.41) is 3.07. The van der Waals surface area contributed by atoms with Gasteiger partial charge in [0.2, 0.25) is 11.8 Å². The number of amides is 2. The lowest BCUT2D eigenvalue weighted by Gasteiger charge is -2.51. The summed E-state index contributed by atoms with van der Waals surface area (Å²) in [6, 6.07) is 7.71. The number of allylic oxidation sites excluding steroid dienone is 1. The Hall–Kier alpha value is -2.10. The van der Waals surface area contributed by atoms with Gasteiger partial charge in [-0.2, -0.15) is 0 Å². The van der Waals surface area contributed by atoms with E-state index in [1.807, 2.05) is 32.9 Å². The second kappa shape index (κ2) is 6.90. The lowest BCUT2D eigenvalue weighted by molar-refractivity contribution is -0.165. The standard InChI is InChI=1S/C22H30N2O2/c1-14(2)15-10-12-16(13-11-15)19(20(25)23-22(3,4)5)24-18-9-7-6-8-17(18)21(24)26/h6-7,10-14,17-19H,8-9H2,1-5H3,(H,23,25)/t17-,18+,19?/m1/s1. The number of carbonyl (C=O) groups excluding carboxylic acids is 2. The number of likely N-dealkylation sites (tertiary alicyclic amines) is 1. The van der Waals surface area contributed by atoms with E-state index in [0.29, 0.717) is 5.92 Å². The zero-order valence-corrected chi connectivity index (χ0v) is 16.5. The fourth-order valence-electron chi connectivity index (χ4n) is 3.90. The molecule has 1 aromatic rings. The highest BCUT2D eigenvalue weighted by Crippen LogP contribution is 2.41. The molecule has 3 atom stereocenters. The second-order valence-corrected chi connectivity index (χ2v) is 8.83. The van der Waals surface area contributed by atoms with Gasteiger partial charge < -0.3 is 10.2 Å². The van der Waals surface area contributed by atoms with Crippen LogP contribution in [0.25, 0.3) is 0 Å². The summed E-state index contributed by atoms with van der Waals surface area (Å²) in [5.41, 5.74) is 1.78. The topological polar surface area (TPSA) is 49.4 Å². The minimum atomic E-state index is -0.560. The first-order valence-electron chi connectivity index (χ1n) is 9.58. The van der Waals surface area contributed by atoms with Crippen LogP contribution >= 0.6 is 0 Å². The number of hydrogen-bond donors (Lipinski definition) is 1. The molecule has 1 aliphatic heterocycles. The van der Waals surface area contributed by atoms with Crippen LogP contribution in [0.1, 0.15) is 70.5 Å². The third kappa shape index (κ3) is 3.55. The van der Waals surface area contributed by atoms with Gasteiger partial charge in [-0.15, -0.1) is 0 Å². The lowest BCUT2D eigenvalue weighted by atomic mass is 9.77. The van der Waals surface area contributed by atoms with Crippen LogP contribution in [-0.2, 0) is 9.59 Å². The smallest absolute Gasteiger partial charge is 0.247 e. The Balaban J connectivity index is 1.93. The van der Waals surface area contributed by atoms with E-state index in [1.54, 1.807) is 4.90 Å². The van der Waals surface area contributed by atoms with E-state index in [-0.39, 0.29) is 29.3 Å². The van der Waals surface area contributed by atoms with E-state index in [1.165, 1.54) is 5.56 Å². The molecule has 1 unspecified atom stereocenters. The van der Waals surface area contributed by atoms with Crippen molar-refractivity contribution in [2.75, 3.05) is 0 Å². The Morgan fingerprint density at radius 2 is 1.65 bits per heavy atom. The van der Waals surface area contributed by atoms with Crippen LogP contribution in [0.4, 0.5) is 0 Å². The number of rotatable bonds is 4. The van der Waals surface area contributed by atoms with Crippen molar-refractivity contribution in [2.24, 2.45) is 5.92 Å². The second-order valence-electron chi connectivity index (χ2n) is 8.83. The minimum absolute atomic E-state index is 0.0415. The molecule has 0 radical (unpaired) electrons. The Labute approximate surface area is 156 Å². The molecular formula is C22H30N2O2. The van der Waals surface area contributed by atoms with Gasteiger partial charge in [0.25, 0.3) is 0 Å². The molecule has 0 aromatic heterocycles. The molecule has 2 aliphatic rings. The Morgan fingerprint density at radius 3 is 2.23 bits per heavy atom. The van der Waals surface area contributed by atoms with Crippen LogP contribution in [0.3, 0.4) is 0 Å². The van der Waals surface area contributed by atoms with Gasteiger partial charge in [-0.25, -0.2) is 0 Å². The zero-order chi connectivity index (χ0) is 19.1. The summed E-state index contributed by atoms with van der Waals surface area (Å²) in [4.78, 5) is 27.7. The Kier molecular flexibility index (Phi) is 4.96. The highest BCUT2D eigenvalue weighted by atomic mass is 16.2. The summed E-state index contributed by atoms with van der Waals surface area (Å²) in [6.07, 6.45) is 5.83. The zero-order valence-electron chi connectivity index (χ0n) is 16.5. The molecule has 4 heteroatoms. The molecule has 1 saturated heterocycles. The van der Waals surface area contributed by atoms with E-state index >= 15 is 0 Å². The summed E-state index contributed by atoms with van der Waals surface area (Å²) >= 11 is 0. The number of nitrogens with one attached hydrogen (secondary N) is 1. The van der Waals surface area contributed by atoms with Gasteiger partial charge >= 0.3 is 0 Å². The van der Waals surface area contributed by atoms with Crippen molar-refractivity contribution in [1.29, 1.82) is 0 Å². The summed E-state index contributed by atoms with van der Waals surface area (Å²) in [6.45, 7) is 10.2. The first-order valence-corrected chi connectivity index (χ1v) is 9.58. The maximum Gasteiger partial charge on any atom is 0.247 e. The Bertz CT molecular complexity index is 713. The van der Waals surface area contributed by atoms with Gasteiger partial charge in [0.1, 0.15) is 6.04 Å². The van der Waals surface area contributed by atoms with Crippen LogP contribution in [0.5, 0.6) is 0 Å². The maximum absolute atomic E-state index is 13.1. The first kappa shape index (κ1) is 18.7. The van der Waals surface area contributed by atoms with Crippen LogP contribution in [0.2, 0.25) is 0 Å². The van der Waals surface area contributed by atoms with Crippen molar-refractivity contribution < 1.29 is 9.59 Å². The molecule has 2 amide bonds. The number of hydrogen-bond acceptors (Lipinski definition) is 2. The van der Waals surface area contributed by atoms with Crippen molar-refractivity contribution in [2.45, 2.75) is 71.0 Å². The minimum Gasteiger partial charge on any atom is -0.349 e. The molecule has 0 spiro atoms.